The molecule has 0 saturated carbocycles. The molecule has 2 bridgehead atoms. The average Bonchev–Trinajstić information content (AvgIpc) is 2.75. The summed E-state index contributed by atoms with van der Waals surface area (Å²) in [5.74, 6) is -15.4. The Kier molecular flexibility index (Phi) is 4.56. The highest BCUT2D eigenvalue weighted by molar-refractivity contribution is 7.88. The summed E-state index contributed by atoms with van der Waals surface area (Å²) >= 11 is 0. The van der Waals surface area contributed by atoms with Crippen LogP contribution in [0.1, 0.15) is 19.3 Å². The zero-order valence-electron chi connectivity index (χ0n) is 11.8. The molecule has 0 aromatic rings. The van der Waals surface area contributed by atoms with E-state index in [1.165, 1.54) is 0 Å². The molecule has 0 amide bonds. The lowest BCUT2D eigenvalue weighted by molar-refractivity contribution is -0.382. The molecule has 0 aromatic carbocycles. The Bertz CT molecular complexity index is 668. The Balaban J connectivity index is 2.33. The van der Waals surface area contributed by atoms with E-state index in [0.29, 0.717) is 12.8 Å². The number of halogens is 9. The van der Waals surface area contributed by atoms with Gasteiger partial charge in [-0.15, -0.1) is 0 Å². The van der Waals surface area contributed by atoms with Crippen molar-refractivity contribution in [3.05, 3.63) is 11.8 Å². The topological polar surface area (TPSA) is 52.6 Å². The van der Waals surface area contributed by atoms with Crippen LogP contribution in [0, 0.1) is 0 Å². The Morgan fingerprint density at radius 1 is 0.960 bits per heavy atom. The van der Waals surface area contributed by atoms with Gasteiger partial charge >= 0.3 is 33.4 Å². The molecule has 0 unspecified atom stereocenters. The van der Waals surface area contributed by atoms with E-state index in [9.17, 15) is 47.9 Å². The molecular formula is C11H9F9O4S. The molecule has 0 aromatic heterocycles. The fourth-order valence-corrected chi connectivity index (χ4v) is 3.23. The fourth-order valence-electron chi connectivity index (χ4n) is 2.28. The Morgan fingerprint density at radius 2 is 1.52 bits per heavy atom. The summed E-state index contributed by atoms with van der Waals surface area (Å²) in [7, 11) is -6.87. The number of ether oxygens (including phenoxy) is 1. The van der Waals surface area contributed by atoms with E-state index in [4.69, 9.17) is 4.74 Å². The van der Waals surface area contributed by atoms with Gasteiger partial charge in [-0.1, -0.05) is 0 Å². The molecule has 4 nitrogen and oxygen atoms in total. The normalized spacial score (nSPS) is 25.7. The standard InChI is InChI=1S/C11H9F9O4S/c12-8(13,10(16,17)18)9(14,15)11(19,20)25(21,22)24-7-3-5-1-2-6(4-7)23-5/h3,5-6H,1-2,4H2/t5-,6+/m0/s1. The van der Waals surface area contributed by atoms with Gasteiger partial charge in [0.15, 0.2) is 0 Å². The van der Waals surface area contributed by atoms with Crippen LogP contribution in [0.2, 0.25) is 0 Å². The molecule has 2 heterocycles. The highest BCUT2D eigenvalue weighted by Gasteiger charge is 2.86. The lowest BCUT2D eigenvalue weighted by atomic mass is 10.1. The van der Waals surface area contributed by atoms with Crippen LogP contribution in [0.25, 0.3) is 0 Å². The van der Waals surface area contributed by atoms with Crippen molar-refractivity contribution in [1.82, 2.24) is 0 Å². The third-order valence-corrected chi connectivity index (χ3v) is 4.91. The Labute approximate surface area is 134 Å². The molecule has 0 aliphatic carbocycles. The van der Waals surface area contributed by atoms with Crippen LogP contribution in [-0.2, 0) is 19.0 Å². The van der Waals surface area contributed by atoms with E-state index in [2.05, 4.69) is 4.18 Å². The molecule has 14 heteroatoms. The molecule has 2 rings (SSSR count). The number of rotatable bonds is 5. The van der Waals surface area contributed by atoms with Crippen LogP contribution in [-0.4, -0.2) is 43.9 Å². The van der Waals surface area contributed by atoms with Gasteiger partial charge in [-0.25, -0.2) is 0 Å². The number of hydrogen-bond donors (Lipinski definition) is 0. The minimum Gasteiger partial charge on any atom is -0.383 e. The molecule has 2 aliphatic rings. The fraction of sp³-hybridized carbons (Fsp3) is 0.818. The van der Waals surface area contributed by atoms with Crippen LogP contribution in [0.3, 0.4) is 0 Å². The van der Waals surface area contributed by atoms with Gasteiger partial charge in [0.1, 0.15) is 5.76 Å². The second-order valence-corrected chi connectivity index (χ2v) is 7.00. The van der Waals surface area contributed by atoms with Crippen molar-refractivity contribution < 1.29 is 56.9 Å². The monoisotopic (exact) mass is 408 g/mol. The summed E-state index contributed by atoms with van der Waals surface area (Å²) in [5, 5.41) is -6.85. The maximum Gasteiger partial charge on any atom is 0.460 e. The van der Waals surface area contributed by atoms with Gasteiger partial charge in [0.25, 0.3) is 0 Å². The van der Waals surface area contributed by atoms with Crippen molar-refractivity contribution in [2.45, 2.75) is 54.7 Å². The third-order valence-electron chi connectivity index (χ3n) is 3.59. The molecular weight excluding hydrogens is 399 g/mol. The Morgan fingerprint density at radius 3 is 2.00 bits per heavy atom. The predicted octanol–water partition coefficient (Wildman–Crippen LogP) is 3.59. The highest BCUT2D eigenvalue weighted by Crippen LogP contribution is 2.55. The summed E-state index contributed by atoms with van der Waals surface area (Å²) < 4.78 is 146. The highest BCUT2D eigenvalue weighted by atomic mass is 32.2. The molecule has 25 heavy (non-hydrogen) atoms. The summed E-state index contributed by atoms with van der Waals surface area (Å²) in [6.07, 6.45) is -7.40. The quantitative estimate of drug-likeness (QED) is 0.516. The number of fused-ring (bicyclic) bond motifs is 2. The molecule has 2 atom stereocenters. The molecule has 1 saturated heterocycles. The predicted molar refractivity (Wildman–Crippen MR) is 61.5 cm³/mol. The minimum atomic E-state index is -7.32. The van der Waals surface area contributed by atoms with Crippen molar-refractivity contribution in [1.29, 1.82) is 0 Å². The van der Waals surface area contributed by atoms with Gasteiger partial charge in [-0.2, -0.15) is 47.9 Å². The lowest BCUT2D eigenvalue weighted by Gasteiger charge is -2.33. The maximum atomic E-state index is 13.5. The van der Waals surface area contributed by atoms with Gasteiger partial charge in [0.2, 0.25) is 0 Å². The summed E-state index contributed by atoms with van der Waals surface area (Å²) in [6, 6.07) is 0. The molecule has 0 spiro atoms. The average molecular weight is 408 g/mol. The molecule has 0 radical (unpaired) electrons. The SMILES string of the molecule is O=S(=O)(OC1=C[C@@H]2CC[C@H](C1)O2)C(F)(F)C(F)(F)C(F)(F)C(F)(F)F. The van der Waals surface area contributed by atoms with Gasteiger partial charge in [0.05, 0.1) is 12.2 Å². The van der Waals surface area contributed by atoms with Gasteiger partial charge in [-0.05, 0) is 18.9 Å². The van der Waals surface area contributed by atoms with Crippen LogP contribution < -0.4 is 0 Å². The van der Waals surface area contributed by atoms with Crippen molar-refractivity contribution in [3.63, 3.8) is 0 Å². The number of alkyl halides is 9. The van der Waals surface area contributed by atoms with Crippen LogP contribution >= 0.6 is 0 Å². The van der Waals surface area contributed by atoms with Crippen molar-refractivity contribution in [2.24, 2.45) is 0 Å². The van der Waals surface area contributed by atoms with Crippen molar-refractivity contribution in [3.8, 4) is 0 Å². The summed E-state index contributed by atoms with van der Waals surface area (Å²) in [5.41, 5.74) is 0. The summed E-state index contributed by atoms with van der Waals surface area (Å²) in [4.78, 5) is 0. The number of hydrogen-bond acceptors (Lipinski definition) is 4. The molecule has 0 N–H and O–H groups in total. The van der Waals surface area contributed by atoms with Gasteiger partial charge in [0, 0.05) is 6.42 Å². The first kappa shape index (κ1) is 20.1. The molecule has 1 fully saturated rings. The first-order valence-corrected chi connectivity index (χ1v) is 7.94. The van der Waals surface area contributed by atoms with E-state index in [0.717, 1.165) is 6.08 Å². The maximum absolute atomic E-state index is 13.5. The second kappa shape index (κ2) is 5.66. The minimum absolute atomic E-state index is 0.344. The van der Waals surface area contributed by atoms with Gasteiger partial charge in [-0.3, -0.25) is 0 Å². The molecule has 2 aliphatic heterocycles. The summed E-state index contributed by atoms with van der Waals surface area (Å²) in [6.45, 7) is 0. The second-order valence-electron chi connectivity index (χ2n) is 5.41. The van der Waals surface area contributed by atoms with E-state index in [1.54, 1.807) is 0 Å². The van der Waals surface area contributed by atoms with E-state index in [1.807, 2.05) is 0 Å². The van der Waals surface area contributed by atoms with E-state index >= 15 is 0 Å². The van der Waals surface area contributed by atoms with Gasteiger partial charge < -0.3 is 8.92 Å². The van der Waals surface area contributed by atoms with Crippen LogP contribution in [0.4, 0.5) is 39.5 Å². The van der Waals surface area contributed by atoms with Crippen LogP contribution in [0.5, 0.6) is 0 Å². The zero-order chi connectivity index (χ0) is 19.5. The third kappa shape index (κ3) is 3.06. The van der Waals surface area contributed by atoms with Crippen LogP contribution in [0.15, 0.2) is 11.8 Å². The van der Waals surface area contributed by atoms with Crippen molar-refractivity contribution >= 4 is 10.1 Å². The smallest absolute Gasteiger partial charge is 0.383 e. The molecule has 146 valence electrons. The first-order valence-electron chi connectivity index (χ1n) is 6.53. The van der Waals surface area contributed by atoms with Crippen molar-refractivity contribution in [2.75, 3.05) is 0 Å². The van der Waals surface area contributed by atoms with E-state index in [-0.39, 0.29) is 0 Å². The largest absolute Gasteiger partial charge is 0.460 e. The first-order chi connectivity index (χ1) is 11.0. The van der Waals surface area contributed by atoms with E-state index < -0.39 is 57.8 Å². The lowest BCUT2D eigenvalue weighted by Crippen LogP contribution is -2.63. The zero-order valence-corrected chi connectivity index (χ0v) is 12.6. The Hall–Kier alpha value is -1.18.